The van der Waals surface area contributed by atoms with E-state index >= 15 is 0 Å². The first-order valence-corrected chi connectivity index (χ1v) is 9.15. The van der Waals surface area contributed by atoms with E-state index in [0.29, 0.717) is 10.9 Å². The first kappa shape index (κ1) is 18.3. The quantitative estimate of drug-likeness (QED) is 0.563. The number of thioether (sulfide) groups is 1. The smallest absolute Gasteiger partial charge is 0.248 e. The predicted octanol–water partition coefficient (Wildman–Crippen LogP) is 3.55. The Morgan fingerprint density at radius 3 is 2.58 bits per heavy atom. The van der Waals surface area contributed by atoms with E-state index in [9.17, 15) is 4.79 Å². The first-order chi connectivity index (χ1) is 11.5. The Morgan fingerprint density at radius 1 is 1.08 bits per heavy atom. The molecule has 2 aromatic rings. The van der Waals surface area contributed by atoms with Crippen molar-refractivity contribution in [1.82, 2.24) is 10.9 Å². The first-order valence-electron chi connectivity index (χ1n) is 7.59. The lowest BCUT2D eigenvalue weighted by molar-refractivity contribution is -0.119. The normalized spacial score (nSPS) is 10.1. The molecular formula is C18H21N3OS2. The van der Waals surface area contributed by atoms with E-state index in [-0.39, 0.29) is 5.91 Å². The number of rotatable bonds is 5. The summed E-state index contributed by atoms with van der Waals surface area (Å²) in [6.07, 6.45) is 0. The maximum Gasteiger partial charge on any atom is 0.248 e. The fourth-order valence-electron chi connectivity index (χ4n) is 2.02. The van der Waals surface area contributed by atoms with Crippen LogP contribution in [0.5, 0.6) is 0 Å². The summed E-state index contributed by atoms with van der Waals surface area (Å²) in [4.78, 5) is 11.8. The highest BCUT2D eigenvalue weighted by molar-refractivity contribution is 7.99. The number of benzene rings is 2. The molecule has 24 heavy (non-hydrogen) atoms. The molecule has 1 amide bonds. The van der Waals surface area contributed by atoms with Crippen LogP contribution in [0.15, 0.2) is 48.5 Å². The molecule has 0 bridgehead atoms. The molecule has 126 valence electrons. The van der Waals surface area contributed by atoms with E-state index in [1.54, 1.807) is 11.8 Å². The van der Waals surface area contributed by atoms with Gasteiger partial charge in [-0.3, -0.25) is 15.6 Å². The van der Waals surface area contributed by atoms with Crippen LogP contribution in [0.3, 0.4) is 0 Å². The highest BCUT2D eigenvalue weighted by Gasteiger charge is 2.04. The van der Waals surface area contributed by atoms with E-state index < -0.39 is 0 Å². The van der Waals surface area contributed by atoms with Crippen molar-refractivity contribution in [2.45, 2.75) is 19.6 Å². The molecule has 0 saturated carbocycles. The number of hydrazine groups is 1. The molecule has 6 heteroatoms. The summed E-state index contributed by atoms with van der Waals surface area (Å²) in [7, 11) is 0. The Labute approximate surface area is 152 Å². The number of hydrogen-bond donors (Lipinski definition) is 3. The summed E-state index contributed by atoms with van der Waals surface area (Å²) in [6, 6.07) is 16.2. The molecule has 0 unspecified atom stereocenters. The van der Waals surface area contributed by atoms with Crippen LogP contribution >= 0.6 is 24.0 Å². The van der Waals surface area contributed by atoms with Gasteiger partial charge in [0.05, 0.1) is 5.75 Å². The molecule has 0 aromatic heterocycles. The zero-order valence-corrected chi connectivity index (χ0v) is 15.4. The Bertz CT molecular complexity index is 705. The number of amides is 1. The molecule has 0 spiro atoms. The minimum Gasteiger partial charge on any atom is -0.331 e. The van der Waals surface area contributed by atoms with Crippen molar-refractivity contribution in [1.29, 1.82) is 0 Å². The summed E-state index contributed by atoms with van der Waals surface area (Å²) in [6.45, 7) is 4.02. The number of nitrogens with one attached hydrogen (secondary N) is 3. The zero-order valence-electron chi connectivity index (χ0n) is 13.8. The van der Waals surface area contributed by atoms with Crippen LogP contribution in [0, 0.1) is 13.8 Å². The molecule has 0 heterocycles. The van der Waals surface area contributed by atoms with E-state index in [2.05, 4.69) is 16.2 Å². The van der Waals surface area contributed by atoms with Gasteiger partial charge in [-0.15, -0.1) is 11.8 Å². The Hall–Kier alpha value is -2.05. The predicted molar refractivity (Wildman–Crippen MR) is 106 cm³/mol. The second-order valence-electron chi connectivity index (χ2n) is 5.42. The standard InChI is InChI=1S/C18H21N3OS2/c1-13-8-9-14(2)16(10-13)19-18(23)21-20-17(22)12-24-11-15-6-4-3-5-7-15/h3-10H,11-12H2,1-2H3,(H,20,22)(H2,19,21,23). The van der Waals surface area contributed by atoms with Crippen molar-refractivity contribution < 1.29 is 4.79 Å². The topological polar surface area (TPSA) is 53.2 Å². The van der Waals surface area contributed by atoms with Crippen LogP contribution in [0.4, 0.5) is 5.69 Å². The van der Waals surface area contributed by atoms with Crippen molar-refractivity contribution >= 4 is 40.7 Å². The molecular weight excluding hydrogens is 338 g/mol. The van der Waals surface area contributed by atoms with E-state index in [4.69, 9.17) is 12.2 Å². The number of carbonyl (C=O) groups excluding carboxylic acids is 1. The van der Waals surface area contributed by atoms with Gasteiger partial charge in [0.25, 0.3) is 0 Å². The summed E-state index contributed by atoms with van der Waals surface area (Å²) in [5.74, 6) is 1.06. The van der Waals surface area contributed by atoms with Crippen molar-refractivity contribution in [2.75, 3.05) is 11.1 Å². The van der Waals surface area contributed by atoms with Gasteiger partial charge in [0.15, 0.2) is 5.11 Å². The van der Waals surface area contributed by atoms with E-state index in [1.165, 1.54) is 5.56 Å². The summed E-state index contributed by atoms with van der Waals surface area (Å²) < 4.78 is 0. The second-order valence-corrected chi connectivity index (χ2v) is 6.82. The van der Waals surface area contributed by atoms with Gasteiger partial charge in [-0.25, -0.2) is 0 Å². The average Bonchev–Trinajstić information content (AvgIpc) is 2.57. The molecule has 0 aliphatic rings. The minimum atomic E-state index is -0.110. The number of carbonyl (C=O) groups is 1. The van der Waals surface area contributed by atoms with Gasteiger partial charge < -0.3 is 5.32 Å². The highest BCUT2D eigenvalue weighted by Crippen LogP contribution is 2.16. The number of hydrogen-bond acceptors (Lipinski definition) is 3. The van der Waals surface area contributed by atoms with Crippen LogP contribution in [-0.4, -0.2) is 16.8 Å². The average molecular weight is 360 g/mol. The van der Waals surface area contributed by atoms with Crippen LogP contribution in [-0.2, 0) is 10.5 Å². The SMILES string of the molecule is Cc1ccc(C)c(NC(=S)NNC(=O)CSCc2ccccc2)c1. The Kier molecular flexibility index (Phi) is 7.08. The van der Waals surface area contributed by atoms with Gasteiger partial charge in [0, 0.05) is 11.4 Å². The van der Waals surface area contributed by atoms with Crippen LogP contribution in [0.25, 0.3) is 0 Å². The Morgan fingerprint density at radius 2 is 1.83 bits per heavy atom. The van der Waals surface area contributed by atoms with Gasteiger partial charge >= 0.3 is 0 Å². The number of aryl methyl sites for hydroxylation is 2. The maximum absolute atomic E-state index is 11.8. The van der Waals surface area contributed by atoms with Crippen LogP contribution in [0.2, 0.25) is 0 Å². The van der Waals surface area contributed by atoms with Gasteiger partial charge in [0.2, 0.25) is 5.91 Å². The fraction of sp³-hybridized carbons (Fsp3) is 0.222. The third-order valence-corrected chi connectivity index (χ3v) is 4.51. The van der Waals surface area contributed by atoms with Gasteiger partial charge in [0.1, 0.15) is 0 Å². The minimum absolute atomic E-state index is 0.110. The lowest BCUT2D eigenvalue weighted by Gasteiger charge is -2.13. The van der Waals surface area contributed by atoms with Gasteiger partial charge in [-0.1, -0.05) is 42.5 Å². The third-order valence-electron chi connectivity index (χ3n) is 3.30. The fourth-order valence-corrected chi connectivity index (χ4v) is 2.97. The van der Waals surface area contributed by atoms with Gasteiger partial charge in [-0.05, 0) is 48.8 Å². The summed E-state index contributed by atoms with van der Waals surface area (Å²) >= 11 is 6.76. The van der Waals surface area contributed by atoms with Crippen molar-refractivity contribution in [2.24, 2.45) is 0 Å². The molecule has 3 N–H and O–H groups in total. The third kappa shape index (κ3) is 6.22. The lowest BCUT2D eigenvalue weighted by atomic mass is 10.1. The van der Waals surface area contributed by atoms with E-state index in [0.717, 1.165) is 22.6 Å². The monoisotopic (exact) mass is 359 g/mol. The molecule has 2 rings (SSSR count). The largest absolute Gasteiger partial charge is 0.331 e. The zero-order chi connectivity index (χ0) is 17.4. The second kappa shape index (κ2) is 9.30. The maximum atomic E-state index is 11.8. The molecule has 0 atom stereocenters. The molecule has 0 radical (unpaired) electrons. The summed E-state index contributed by atoms with van der Waals surface area (Å²) in [5, 5.41) is 3.45. The van der Waals surface area contributed by atoms with E-state index in [1.807, 2.05) is 62.4 Å². The molecule has 0 aliphatic heterocycles. The van der Waals surface area contributed by atoms with Crippen molar-refractivity contribution in [3.05, 3.63) is 65.2 Å². The molecule has 2 aromatic carbocycles. The van der Waals surface area contributed by atoms with Gasteiger partial charge in [-0.2, -0.15) is 0 Å². The lowest BCUT2D eigenvalue weighted by Crippen LogP contribution is -2.44. The van der Waals surface area contributed by atoms with Crippen LogP contribution in [0.1, 0.15) is 16.7 Å². The van der Waals surface area contributed by atoms with Crippen LogP contribution < -0.4 is 16.2 Å². The Balaban J connectivity index is 1.69. The molecule has 0 aliphatic carbocycles. The summed E-state index contributed by atoms with van der Waals surface area (Å²) in [5.41, 5.74) is 9.72. The molecule has 0 saturated heterocycles. The number of anilines is 1. The molecule has 0 fully saturated rings. The van der Waals surface area contributed by atoms with Crippen molar-refractivity contribution in [3.63, 3.8) is 0 Å². The van der Waals surface area contributed by atoms with Crippen molar-refractivity contribution in [3.8, 4) is 0 Å². The number of thiocarbonyl (C=S) groups is 1. The molecule has 4 nitrogen and oxygen atoms in total. The highest BCUT2D eigenvalue weighted by atomic mass is 32.2.